The highest BCUT2D eigenvalue weighted by Crippen LogP contribution is 2.37. The van der Waals surface area contributed by atoms with E-state index in [1.807, 2.05) is 6.08 Å². The molecule has 0 atom stereocenters. The third kappa shape index (κ3) is 5.48. The molecule has 0 aliphatic carbocycles. The lowest BCUT2D eigenvalue weighted by molar-refractivity contribution is -0.138. The molecule has 1 aromatic carbocycles. The number of benzene rings is 1. The summed E-state index contributed by atoms with van der Waals surface area (Å²) in [5, 5.41) is 12.1. The van der Waals surface area contributed by atoms with Crippen molar-refractivity contribution in [3.8, 4) is 5.75 Å². The smallest absolute Gasteiger partial charge is 0.419 e. The summed E-state index contributed by atoms with van der Waals surface area (Å²) < 4.78 is 43.7. The Kier molecular flexibility index (Phi) is 7.07. The molecule has 166 valence electrons. The van der Waals surface area contributed by atoms with Crippen molar-refractivity contribution in [2.75, 3.05) is 32.1 Å². The van der Waals surface area contributed by atoms with E-state index in [1.54, 1.807) is 12.3 Å². The molecule has 1 aliphatic heterocycles. The summed E-state index contributed by atoms with van der Waals surface area (Å²) in [5.74, 6) is -0.364. The van der Waals surface area contributed by atoms with Gasteiger partial charge in [0, 0.05) is 37.6 Å². The van der Waals surface area contributed by atoms with E-state index in [0.717, 1.165) is 30.4 Å². The molecular formula is C21H21ClF3N3O3. The summed E-state index contributed by atoms with van der Waals surface area (Å²) in [4.78, 5) is 18.4. The summed E-state index contributed by atoms with van der Waals surface area (Å²) in [6.45, 7) is 0.704. The van der Waals surface area contributed by atoms with Crippen LogP contribution in [0.15, 0.2) is 36.5 Å². The van der Waals surface area contributed by atoms with Crippen LogP contribution in [0, 0.1) is 0 Å². The van der Waals surface area contributed by atoms with Crippen molar-refractivity contribution in [1.29, 1.82) is 0 Å². The van der Waals surface area contributed by atoms with Crippen LogP contribution >= 0.6 is 11.6 Å². The number of hydrogen-bond donors (Lipinski definition) is 2. The van der Waals surface area contributed by atoms with Gasteiger partial charge < -0.3 is 20.1 Å². The zero-order valence-electron chi connectivity index (χ0n) is 16.7. The highest BCUT2D eigenvalue weighted by atomic mass is 35.5. The van der Waals surface area contributed by atoms with Crippen LogP contribution in [0.2, 0.25) is 5.02 Å². The molecular weight excluding hydrogens is 435 g/mol. The Hall–Kier alpha value is -2.78. The molecule has 1 aliphatic rings. The standard InChI is InChI=1S/C21H21ClF3N3O3/c1-31-18-11-15(2-3-16(18)21(23,24)25)27-20(30)28-7-4-14(5-8-28)19-17(22)10-13(6-9-29)12-26-19/h2-4,10-12,29H,5-9H2,1H3,(H,27,30). The quantitative estimate of drug-likeness (QED) is 0.690. The number of halogens is 4. The van der Waals surface area contributed by atoms with Gasteiger partial charge in [-0.3, -0.25) is 4.98 Å². The number of amides is 2. The number of ether oxygens (including phenoxy) is 1. The first-order valence-electron chi connectivity index (χ1n) is 9.48. The molecule has 2 N–H and O–H groups in total. The molecule has 3 rings (SSSR count). The predicted molar refractivity (Wildman–Crippen MR) is 111 cm³/mol. The first-order valence-corrected chi connectivity index (χ1v) is 9.86. The number of anilines is 1. The van der Waals surface area contributed by atoms with Crippen LogP contribution in [0.25, 0.3) is 5.57 Å². The van der Waals surface area contributed by atoms with Crippen molar-refractivity contribution in [2.45, 2.75) is 19.0 Å². The molecule has 6 nitrogen and oxygen atoms in total. The molecule has 0 spiro atoms. The van der Waals surface area contributed by atoms with Crippen molar-refractivity contribution in [1.82, 2.24) is 9.88 Å². The van der Waals surface area contributed by atoms with E-state index < -0.39 is 17.8 Å². The van der Waals surface area contributed by atoms with Crippen LogP contribution in [-0.4, -0.2) is 47.8 Å². The van der Waals surface area contributed by atoms with E-state index in [-0.39, 0.29) is 18.0 Å². The molecule has 0 unspecified atom stereocenters. The highest BCUT2D eigenvalue weighted by Gasteiger charge is 2.34. The van der Waals surface area contributed by atoms with Gasteiger partial charge in [0.05, 0.1) is 23.4 Å². The zero-order chi connectivity index (χ0) is 22.6. The monoisotopic (exact) mass is 455 g/mol. The Morgan fingerprint density at radius 1 is 1.35 bits per heavy atom. The fourth-order valence-electron chi connectivity index (χ4n) is 3.25. The van der Waals surface area contributed by atoms with E-state index in [1.165, 1.54) is 11.0 Å². The topological polar surface area (TPSA) is 74.7 Å². The van der Waals surface area contributed by atoms with Crippen molar-refractivity contribution in [2.24, 2.45) is 0 Å². The summed E-state index contributed by atoms with van der Waals surface area (Å²) >= 11 is 6.31. The van der Waals surface area contributed by atoms with Gasteiger partial charge in [-0.15, -0.1) is 0 Å². The van der Waals surface area contributed by atoms with Crippen LogP contribution in [0.5, 0.6) is 5.75 Å². The van der Waals surface area contributed by atoms with Crippen LogP contribution < -0.4 is 10.1 Å². The molecule has 31 heavy (non-hydrogen) atoms. The molecule has 0 saturated carbocycles. The number of carbonyl (C=O) groups excluding carboxylic acids is 1. The number of hydrogen-bond acceptors (Lipinski definition) is 4. The van der Waals surface area contributed by atoms with Gasteiger partial charge in [0.2, 0.25) is 0 Å². The van der Waals surface area contributed by atoms with Crippen molar-refractivity contribution in [3.05, 3.63) is 58.4 Å². The van der Waals surface area contributed by atoms with Crippen LogP contribution in [-0.2, 0) is 12.6 Å². The van der Waals surface area contributed by atoms with Crippen LogP contribution in [0.3, 0.4) is 0 Å². The maximum Gasteiger partial charge on any atom is 0.419 e. The van der Waals surface area contributed by atoms with Gasteiger partial charge in [0.25, 0.3) is 0 Å². The molecule has 2 aromatic rings. The van der Waals surface area contributed by atoms with E-state index in [2.05, 4.69) is 10.3 Å². The minimum Gasteiger partial charge on any atom is -0.496 e. The maximum absolute atomic E-state index is 13.0. The van der Waals surface area contributed by atoms with Crippen molar-refractivity contribution < 1.29 is 27.8 Å². The second kappa shape index (κ2) is 9.57. The molecule has 0 saturated heterocycles. The third-order valence-corrected chi connectivity index (χ3v) is 5.15. The van der Waals surface area contributed by atoms with Gasteiger partial charge in [-0.25, -0.2) is 4.79 Å². The van der Waals surface area contributed by atoms with Crippen molar-refractivity contribution in [3.63, 3.8) is 0 Å². The van der Waals surface area contributed by atoms with Gasteiger partial charge in [0.1, 0.15) is 5.75 Å². The minimum atomic E-state index is -4.55. The summed E-state index contributed by atoms with van der Waals surface area (Å²) in [5.41, 5.74) is 1.67. The molecule has 2 heterocycles. The number of rotatable bonds is 5. The first-order chi connectivity index (χ1) is 14.7. The maximum atomic E-state index is 13.0. The van der Waals surface area contributed by atoms with E-state index in [9.17, 15) is 18.0 Å². The Balaban J connectivity index is 1.67. The number of aliphatic hydroxyl groups is 1. The molecule has 10 heteroatoms. The second-order valence-corrected chi connectivity index (χ2v) is 7.32. The van der Waals surface area contributed by atoms with Gasteiger partial charge in [-0.2, -0.15) is 13.2 Å². The van der Waals surface area contributed by atoms with E-state index in [4.69, 9.17) is 21.4 Å². The predicted octanol–water partition coefficient (Wildman–Crippen LogP) is 4.62. The summed E-state index contributed by atoms with van der Waals surface area (Å²) in [7, 11) is 1.14. The SMILES string of the molecule is COc1cc(NC(=O)N2CC=C(c3ncc(CCO)cc3Cl)CC2)ccc1C(F)(F)F. The Morgan fingerprint density at radius 2 is 2.13 bits per heavy atom. The minimum absolute atomic E-state index is 0.00886. The average molecular weight is 456 g/mol. The molecule has 1 aromatic heterocycles. The van der Waals surface area contributed by atoms with E-state index in [0.29, 0.717) is 36.6 Å². The average Bonchev–Trinajstić information content (AvgIpc) is 2.73. The first kappa shape index (κ1) is 22.9. The summed E-state index contributed by atoms with van der Waals surface area (Å²) in [6, 6.07) is 4.53. The lowest BCUT2D eigenvalue weighted by Gasteiger charge is -2.27. The van der Waals surface area contributed by atoms with E-state index >= 15 is 0 Å². The summed E-state index contributed by atoms with van der Waals surface area (Å²) in [6.07, 6.45) is -0.0518. The molecule has 0 radical (unpaired) electrons. The number of urea groups is 1. The fourth-order valence-corrected chi connectivity index (χ4v) is 3.56. The number of carbonyl (C=O) groups is 1. The van der Waals surface area contributed by atoms with Crippen LogP contribution in [0.1, 0.15) is 23.2 Å². The van der Waals surface area contributed by atoms with Crippen LogP contribution in [0.4, 0.5) is 23.7 Å². The Bertz CT molecular complexity index is 996. The number of nitrogens with zero attached hydrogens (tertiary/aromatic N) is 2. The lowest BCUT2D eigenvalue weighted by atomic mass is 10.0. The number of alkyl halides is 3. The number of aromatic nitrogens is 1. The second-order valence-electron chi connectivity index (χ2n) is 6.92. The fraction of sp³-hybridized carbons (Fsp3) is 0.333. The van der Waals surface area contributed by atoms with Gasteiger partial charge in [-0.1, -0.05) is 17.7 Å². The number of methoxy groups -OCH3 is 1. The zero-order valence-corrected chi connectivity index (χ0v) is 17.4. The lowest BCUT2D eigenvalue weighted by Crippen LogP contribution is -2.38. The Labute approximate surface area is 182 Å². The number of nitrogens with one attached hydrogen (secondary N) is 1. The highest BCUT2D eigenvalue weighted by molar-refractivity contribution is 6.32. The van der Waals surface area contributed by atoms with Gasteiger partial charge in [0.15, 0.2) is 0 Å². The van der Waals surface area contributed by atoms with Gasteiger partial charge in [-0.05, 0) is 42.2 Å². The molecule has 0 bridgehead atoms. The molecule has 0 fully saturated rings. The number of pyridine rings is 1. The largest absolute Gasteiger partial charge is 0.496 e. The number of aliphatic hydroxyl groups excluding tert-OH is 1. The normalized spacial score (nSPS) is 14.3. The molecule has 2 amide bonds. The van der Waals surface area contributed by atoms with Gasteiger partial charge >= 0.3 is 12.2 Å². The Morgan fingerprint density at radius 3 is 2.71 bits per heavy atom. The van der Waals surface area contributed by atoms with Crippen molar-refractivity contribution >= 4 is 28.9 Å². The third-order valence-electron chi connectivity index (χ3n) is 4.86.